The fraction of sp³-hybridized carbons (Fsp3) is 0.933. The Morgan fingerprint density at radius 3 is 2.14 bits per heavy atom. The Bertz CT molecular complexity index is 599. The van der Waals surface area contributed by atoms with E-state index >= 15 is 0 Å². The first-order valence-electron chi connectivity index (χ1n) is 15.1. The summed E-state index contributed by atoms with van der Waals surface area (Å²) in [6.45, 7) is 23.9. The van der Waals surface area contributed by atoms with Crippen molar-refractivity contribution in [2.75, 3.05) is 6.61 Å². The van der Waals surface area contributed by atoms with Gasteiger partial charge in [-0.25, -0.2) is 0 Å². The van der Waals surface area contributed by atoms with Crippen molar-refractivity contribution in [2.24, 2.45) is 11.8 Å². The molecule has 3 nitrogen and oxygen atoms in total. The summed E-state index contributed by atoms with van der Waals surface area (Å²) in [5, 5.41) is 9.83. The molecule has 1 aliphatic carbocycles. The topological polar surface area (TPSA) is 38.7 Å². The zero-order chi connectivity index (χ0) is 26.7. The first kappa shape index (κ1) is 33.1. The third-order valence-corrected chi connectivity index (χ3v) is 18.6. The van der Waals surface area contributed by atoms with Gasteiger partial charge in [-0.15, -0.1) is 0 Å². The maximum Gasteiger partial charge on any atom is 0.192 e. The van der Waals surface area contributed by atoms with Gasteiger partial charge in [0, 0.05) is 18.6 Å². The lowest BCUT2D eigenvalue weighted by atomic mass is 9.88. The Balaban J connectivity index is 2.99. The van der Waals surface area contributed by atoms with E-state index in [9.17, 15) is 5.11 Å². The Labute approximate surface area is 222 Å². The third-order valence-electron chi connectivity index (χ3n) is 9.41. The van der Waals surface area contributed by atoms with Crippen LogP contribution in [0.1, 0.15) is 113 Å². The normalized spacial score (nSPS) is 21.3. The molecule has 0 saturated heterocycles. The number of rotatable bonds is 18. The maximum absolute atomic E-state index is 9.60. The lowest BCUT2D eigenvalue weighted by Gasteiger charge is -2.41. The highest BCUT2D eigenvalue weighted by molar-refractivity contribution is 6.74. The molecular formula is C30H62O3Si2. The fourth-order valence-electron chi connectivity index (χ4n) is 5.47. The molecule has 0 spiro atoms. The lowest BCUT2D eigenvalue weighted by Crippen LogP contribution is -2.45. The van der Waals surface area contributed by atoms with E-state index in [1.54, 1.807) is 5.57 Å². The predicted octanol–water partition coefficient (Wildman–Crippen LogP) is 9.48. The van der Waals surface area contributed by atoms with Crippen LogP contribution in [0.3, 0.4) is 0 Å². The summed E-state index contributed by atoms with van der Waals surface area (Å²) < 4.78 is 14.1. The summed E-state index contributed by atoms with van der Waals surface area (Å²) in [5.41, 5.74) is 1.58. The molecule has 0 aromatic carbocycles. The Morgan fingerprint density at radius 1 is 1.00 bits per heavy atom. The quantitative estimate of drug-likeness (QED) is 0.110. The molecule has 35 heavy (non-hydrogen) atoms. The van der Waals surface area contributed by atoms with Gasteiger partial charge in [0.1, 0.15) is 0 Å². The van der Waals surface area contributed by atoms with Crippen molar-refractivity contribution in [1.82, 2.24) is 0 Å². The van der Waals surface area contributed by atoms with Crippen LogP contribution in [0.5, 0.6) is 0 Å². The SMILES string of the molecule is CCCCCC(C)[C@H](CCC1=CC[C@H](O[Si](CC)(CC)CC)[C@@H]1CCCO)O[Si](C)(C)C(C)(C)C. The van der Waals surface area contributed by atoms with E-state index in [1.165, 1.54) is 43.8 Å². The highest BCUT2D eigenvalue weighted by Crippen LogP contribution is 2.42. The van der Waals surface area contributed by atoms with Gasteiger partial charge >= 0.3 is 0 Å². The molecule has 1 unspecified atom stereocenters. The van der Waals surface area contributed by atoms with E-state index in [0.717, 1.165) is 32.1 Å². The van der Waals surface area contributed by atoms with Crippen molar-refractivity contribution in [3.05, 3.63) is 11.6 Å². The van der Waals surface area contributed by atoms with Crippen molar-refractivity contribution in [1.29, 1.82) is 0 Å². The van der Waals surface area contributed by atoms with Crippen LogP contribution in [0.4, 0.5) is 0 Å². The largest absolute Gasteiger partial charge is 0.414 e. The zero-order valence-electron chi connectivity index (χ0n) is 25.3. The Kier molecular flexibility index (Phi) is 14.6. The summed E-state index contributed by atoms with van der Waals surface area (Å²) in [4.78, 5) is 0. The minimum Gasteiger partial charge on any atom is -0.414 e. The number of aliphatic hydroxyl groups is 1. The predicted molar refractivity (Wildman–Crippen MR) is 159 cm³/mol. The Morgan fingerprint density at radius 2 is 1.63 bits per heavy atom. The molecule has 0 heterocycles. The third kappa shape index (κ3) is 10.0. The molecule has 5 heteroatoms. The zero-order valence-corrected chi connectivity index (χ0v) is 27.3. The van der Waals surface area contributed by atoms with Gasteiger partial charge in [0.25, 0.3) is 0 Å². The van der Waals surface area contributed by atoms with Gasteiger partial charge in [0.05, 0.1) is 6.10 Å². The summed E-state index contributed by atoms with van der Waals surface area (Å²) in [7, 11) is -3.47. The molecule has 0 radical (unpaired) electrons. The summed E-state index contributed by atoms with van der Waals surface area (Å²) >= 11 is 0. The summed E-state index contributed by atoms with van der Waals surface area (Å²) in [6.07, 6.45) is 13.5. The van der Waals surface area contributed by atoms with Gasteiger partial charge in [0.2, 0.25) is 0 Å². The summed E-state index contributed by atoms with van der Waals surface area (Å²) in [6, 6.07) is 3.61. The average Bonchev–Trinajstić information content (AvgIpc) is 3.18. The molecule has 0 fully saturated rings. The van der Waals surface area contributed by atoms with Crippen LogP contribution in [-0.4, -0.2) is 40.6 Å². The van der Waals surface area contributed by atoms with Crippen molar-refractivity contribution in [3.63, 3.8) is 0 Å². The van der Waals surface area contributed by atoms with Crippen molar-refractivity contribution in [3.8, 4) is 0 Å². The highest BCUT2D eigenvalue weighted by atomic mass is 28.4. The molecule has 1 rings (SSSR count). The van der Waals surface area contributed by atoms with Crippen molar-refractivity contribution in [2.45, 2.75) is 162 Å². The van der Waals surface area contributed by atoms with Gasteiger partial charge in [-0.05, 0) is 80.7 Å². The van der Waals surface area contributed by atoms with Gasteiger partial charge in [-0.1, -0.05) is 86.3 Å². The van der Waals surface area contributed by atoms with Crippen LogP contribution in [0.15, 0.2) is 11.6 Å². The molecular weight excluding hydrogens is 464 g/mol. The van der Waals surface area contributed by atoms with E-state index in [4.69, 9.17) is 8.85 Å². The average molecular weight is 527 g/mol. The first-order valence-corrected chi connectivity index (χ1v) is 20.5. The number of hydrogen-bond donors (Lipinski definition) is 1. The second-order valence-corrected chi connectivity index (χ2v) is 22.3. The molecule has 0 amide bonds. The smallest absolute Gasteiger partial charge is 0.192 e. The maximum atomic E-state index is 9.60. The second kappa shape index (κ2) is 15.5. The monoisotopic (exact) mass is 526 g/mol. The van der Waals surface area contributed by atoms with Gasteiger partial charge in [-0.3, -0.25) is 0 Å². The molecule has 1 N–H and O–H groups in total. The van der Waals surface area contributed by atoms with E-state index in [-0.39, 0.29) is 11.6 Å². The van der Waals surface area contributed by atoms with Crippen LogP contribution in [-0.2, 0) is 8.85 Å². The molecule has 0 aromatic rings. The van der Waals surface area contributed by atoms with Crippen LogP contribution >= 0.6 is 0 Å². The van der Waals surface area contributed by atoms with Crippen LogP contribution in [0.2, 0.25) is 36.3 Å². The molecule has 0 aromatic heterocycles. The fourth-order valence-corrected chi connectivity index (χ4v) is 9.83. The van der Waals surface area contributed by atoms with E-state index in [1.807, 2.05) is 0 Å². The summed E-state index contributed by atoms with van der Waals surface area (Å²) in [5.74, 6) is 1.07. The minimum atomic E-state index is -1.82. The first-order chi connectivity index (χ1) is 16.4. The molecule has 1 aliphatic rings. The van der Waals surface area contributed by atoms with Crippen molar-refractivity contribution >= 4 is 16.6 Å². The highest BCUT2D eigenvalue weighted by Gasteiger charge is 2.41. The molecule has 0 aliphatic heterocycles. The standard InChI is InChI=1S/C30H62O3Si2/c1-11-15-16-18-25(5)28(32-34(9,10)30(6,7)8)22-20-26-21-23-29(27(26)19-17-24-31)33-35(12-2,13-3)14-4/h21,25,27-29,31H,11-20,22-24H2,1-10H3/t25?,27-,28+,29+/m1/s1. The van der Waals surface area contributed by atoms with E-state index in [2.05, 4.69) is 74.6 Å². The van der Waals surface area contributed by atoms with Crippen LogP contribution in [0.25, 0.3) is 0 Å². The number of aliphatic hydroxyl groups excluding tert-OH is 1. The number of hydrogen-bond acceptors (Lipinski definition) is 3. The molecule has 4 atom stereocenters. The lowest BCUT2D eigenvalue weighted by molar-refractivity contribution is 0.107. The van der Waals surface area contributed by atoms with E-state index < -0.39 is 16.6 Å². The minimum absolute atomic E-state index is 0.234. The second-order valence-electron chi connectivity index (χ2n) is 12.8. The molecule has 0 bridgehead atoms. The van der Waals surface area contributed by atoms with Gasteiger partial charge < -0.3 is 14.0 Å². The Hall–Kier alpha value is 0.0538. The van der Waals surface area contributed by atoms with Gasteiger partial charge in [-0.2, -0.15) is 0 Å². The number of unbranched alkanes of at least 4 members (excludes halogenated alkanes) is 2. The van der Waals surface area contributed by atoms with E-state index in [0.29, 0.717) is 24.0 Å². The van der Waals surface area contributed by atoms with Gasteiger partial charge in [0.15, 0.2) is 16.6 Å². The van der Waals surface area contributed by atoms with Crippen LogP contribution < -0.4 is 0 Å². The van der Waals surface area contributed by atoms with Crippen molar-refractivity contribution < 1.29 is 14.0 Å². The van der Waals surface area contributed by atoms with Crippen LogP contribution in [0, 0.1) is 11.8 Å². The molecule has 208 valence electrons. The molecule has 0 saturated carbocycles.